The van der Waals surface area contributed by atoms with E-state index in [0.29, 0.717) is 10.7 Å². The van der Waals surface area contributed by atoms with Crippen molar-refractivity contribution in [1.82, 2.24) is 0 Å². The van der Waals surface area contributed by atoms with Crippen LogP contribution in [0.5, 0.6) is 0 Å². The van der Waals surface area contributed by atoms with Crippen molar-refractivity contribution < 1.29 is 9.31 Å². The van der Waals surface area contributed by atoms with Crippen LogP contribution in [0, 0.1) is 0 Å². The molecule has 5 heteroatoms. The molecule has 0 aromatic rings. The van der Waals surface area contributed by atoms with Crippen LogP contribution in [0.25, 0.3) is 0 Å². The van der Waals surface area contributed by atoms with Crippen molar-refractivity contribution in [3.8, 4) is 0 Å². The van der Waals surface area contributed by atoms with Gasteiger partial charge in [0.05, 0.1) is 16.2 Å². The van der Waals surface area contributed by atoms with Crippen molar-refractivity contribution in [2.45, 2.75) is 45.8 Å². The third-order valence-electron chi connectivity index (χ3n) is 3.42. The molecule has 0 radical (unpaired) electrons. The Balaban J connectivity index is 2.83. The van der Waals surface area contributed by atoms with Gasteiger partial charge in [0.25, 0.3) is 0 Å². The van der Waals surface area contributed by atoms with Gasteiger partial charge in [-0.15, -0.1) is 0 Å². The Morgan fingerprint density at radius 2 is 1.61 bits per heavy atom. The minimum absolute atomic E-state index is 0.336. The average molecular weight is 270 g/mol. The molecule has 0 amide bonds. The van der Waals surface area contributed by atoms with Crippen LogP contribution in [0.1, 0.15) is 34.6 Å². The maximum atomic E-state index is 5.90. The molecule has 0 saturated carbocycles. The second-order valence-electron chi connectivity index (χ2n) is 5.54. The van der Waals surface area contributed by atoms with Crippen LogP contribution in [0.4, 0.5) is 0 Å². The third-order valence-corrected chi connectivity index (χ3v) is 3.79. The van der Waals surface area contributed by atoms with E-state index >= 15 is 0 Å². The zero-order valence-electron chi connectivity index (χ0n) is 11.7. The number of hydrogen-bond acceptors (Lipinski definition) is 3. The molecule has 0 spiro atoms. The van der Waals surface area contributed by atoms with E-state index < -0.39 is 0 Å². The fourth-order valence-corrected chi connectivity index (χ4v) is 1.48. The Hall–Kier alpha value is -0.705. The van der Waals surface area contributed by atoms with Gasteiger partial charge in [0, 0.05) is 5.70 Å². The van der Waals surface area contributed by atoms with Gasteiger partial charge < -0.3 is 15.0 Å². The maximum Gasteiger partial charge on any atom is 0.490 e. The lowest BCUT2D eigenvalue weighted by Gasteiger charge is -2.32. The topological polar surface area (TPSA) is 44.5 Å². The Kier molecular flexibility index (Phi) is 4.36. The molecule has 1 rings (SSSR count). The summed E-state index contributed by atoms with van der Waals surface area (Å²) in [5.41, 5.74) is 6.08. The zero-order valence-corrected chi connectivity index (χ0v) is 12.5. The minimum Gasteiger partial charge on any atom is -0.400 e. The van der Waals surface area contributed by atoms with E-state index in [1.807, 2.05) is 40.7 Å². The van der Waals surface area contributed by atoms with E-state index in [1.165, 1.54) is 0 Å². The predicted octanol–water partition coefficient (Wildman–Crippen LogP) is 3.16. The molecule has 100 valence electrons. The molecule has 18 heavy (non-hydrogen) atoms. The predicted molar refractivity (Wildman–Crippen MR) is 77.1 cm³/mol. The summed E-state index contributed by atoms with van der Waals surface area (Å²) in [6.45, 7) is 13.6. The Morgan fingerprint density at radius 1 is 1.17 bits per heavy atom. The van der Waals surface area contributed by atoms with E-state index in [9.17, 15) is 0 Å². The summed E-state index contributed by atoms with van der Waals surface area (Å²) in [5.74, 6) is 0. The standard InChI is InChI=1S/C13H21BClNO2/c1-9(7-8-11(15)10(2)16)14-17-12(3,4)13(5,6)18-14/h7-8H,2,16H2,1,3-6H3/b9-7+,11-8+. The Labute approximate surface area is 115 Å². The molecule has 2 N–H and O–H groups in total. The SMILES string of the molecule is C=C(N)/C(Cl)=C\C=C(/C)B1OC(C)(C)C(C)(C)O1. The van der Waals surface area contributed by atoms with E-state index in [1.54, 1.807) is 6.08 Å². The van der Waals surface area contributed by atoms with Crippen LogP contribution in [-0.2, 0) is 9.31 Å². The minimum atomic E-state index is -0.359. The lowest BCUT2D eigenvalue weighted by Crippen LogP contribution is -2.41. The van der Waals surface area contributed by atoms with Crippen molar-refractivity contribution in [2.24, 2.45) is 5.73 Å². The van der Waals surface area contributed by atoms with Gasteiger partial charge in [-0.2, -0.15) is 0 Å². The van der Waals surface area contributed by atoms with E-state index in [0.717, 1.165) is 5.47 Å². The molecule has 0 unspecified atom stereocenters. The lowest BCUT2D eigenvalue weighted by molar-refractivity contribution is 0.00578. The summed E-state index contributed by atoms with van der Waals surface area (Å²) in [7, 11) is -0.359. The van der Waals surface area contributed by atoms with Gasteiger partial charge in [-0.05, 0) is 46.2 Å². The van der Waals surface area contributed by atoms with Crippen LogP contribution < -0.4 is 5.73 Å². The highest BCUT2D eigenvalue weighted by Crippen LogP contribution is 2.38. The van der Waals surface area contributed by atoms with Crippen molar-refractivity contribution in [1.29, 1.82) is 0 Å². The van der Waals surface area contributed by atoms with E-state index in [4.69, 9.17) is 26.6 Å². The summed E-state index contributed by atoms with van der Waals surface area (Å²) in [6, 6.07) is 0. The average Bonchev–Trinajstić information content (AvgIpc) is 2.44. The molecule has 0 atom stereocenters. The van der Waals surface area contributed by atoms with Crippen molar-refractivity contribution in [3.05, 3.63) is 34.9 Å². The van der Waals surface area contributed by atoms with E-state index in [-0.39, 0.29) is 18.3 Å². The van der Waals surface area contributed by atoms with Crippen molar-refractivity contribution in [3.63, 3.8) is 0 Å². The normalized spacial score (nSPS) is 23.3. The summed E-state index contributed by atoms with van der Waals surface area (Å²) in [6.07, 6.45) is 3.53. The number of nitrogens with two attached hydrogens (primary N) is 1. The van der Waals surface area contributed by atoms with Gasteiger partial charge in [-0.1, -0.05) is 24.3 Å². The smallest absolute Gasteiger partial charge is 0.400 e. The largest absolute Gasteiger partial charge is 0.490 e. The highest BCUT2D eigenvalue weighted by atomic mass is 35.5. The van der Waals surface area contributed by atoms with E-state index in [2.05, 4.69) is 6.58 Å². The molecule has 1 heterocycles. The molecule has 1 fully saturated rings. The second-order valence-corrected chi connectivity index (χ2v) is 5.95. The quantitative estimate of drug-likeness (QED) is 0.632. The second kappa shape index (κ2) is 5.12. The third kappa shape index (κ3) is 3.19. The number of hydrogen-bond donors (Lipinski definition) is 1. The fraction of sp³-hybridized carbons (Fsp3) is 0.538. The first-order valence-corrected chi connectivity index (χ1v) is 6.29. The first kappa shape index (κ1) is 15.4. The number of halogens is 1. The monoisotopic (exact) mass is 269 g/mol. The lowest BCUT2D eigenvalue weighted by atomic mass is 9.79. The summed E-state index contributed by atoms with van der Waals surface area (Å²) < 4.78 is 11.8. The molecule has 1 aliphatic rings. The fourth-order valence-electron chi connectivity index (χ4n) is 1.42. The van der Waals surface area contributed by atoms with Gasteiger partial charge in [-0.3, -0.25) is 0 Å². The molecule has 1 aliphatic heterocycles. The molecule has 0 aromatic carbocycles. The van der Waals surface area contributed by atoms with Gasteiger partial charge in [0.2, 0.25) is 0 Å². The highest BCUT2D eigenvalue weighted by molar-refractivity contribution is 6.54. The summed E-state index contributed by atoms with van der Waals surface area (Å²) in [4.78, 5) is 0. The van der Waals surface area contributed by atoms with Gasteiger partial charge in [0.1, 0.15) is 0 Å². The molecule has 1 saturated heterocycles. The molecule has 0 aliphatic carbocycles. The van der Waals surface area contributed by atoms with Crippen molar-refractivity contribution >= 4 is 18.7 Å². The van der Waals surface area contributed by atoms with Crippen LogP contribution in [0.15, 0.2) is 34.9 Å². The van der Waals surface area contributed by atoms with Gasteiger partial charge in [0.15, 0.2) is 0 Å². The molecule has 0 aromatic heterocycles. The van der Waals surface area contributed by atoms with Gasteiger partial charge >= 0.3 is 7.12 Å². The maximum absolute atomic E-state index is 5.90. The van der Waals surface area contributed by atoms with Crippen LogP contribution in [-0.4, -0.2) is 18.3 Å². The molecular formula is C13H21BClNO2. The Morgan fingerprint density at radius 3 is 2.00 bits per heavy atom. The number of allylic oxidation sites excluding steroid dienone is 4. The molecule has 0 bridgehead atoms. The summed E-state index contributed by atoms with van der Waals surface area (Å²) >= 11 is 5.89. The van der Waals surface area contributed by atoms with Crippen molar-refractivity contribution in [2.75, 3.05) is 0 Å². The van der Waals surface area contributed by atoms with Crippen LogP contribution >= 0.6 is 11.6 Å². The first-order valence-electron chi connectivity index (χ1n) is 5.91. The Bertz CT molecular complexity index is 397. The highest BCUT2D eigenvalue weighted by Gasteiger charge is 2.51. The van der Waals surface area contributed by atoms with Gasteiger partial charge in [-0.25, -0.2) is 0 Å². The first-order chi connectivity index (χ1) is 8.07. The van der Waals surface area contributed by atoms with Crippen LogP contribution in [0.3, 0.4) is 0 Å². The summed E-state index contributed by atoms with van der Waals surface area (Å²) in [5, 5.41) is 0.422. The molecule has 3 nitrogen and oxygen atoms in total. The molecular weight excluding hydrogens is 248 g/mol. The zero-order chi connectivity index (χ0) is 14.1. The number of rotatable bonds is 3. The van der Waals surface area contributed by atoms with Crippen LogP contribution in [0.2, 0.25) is 0 Å².